The summed E-state index contributed by atoms with van der Waals surface area (Å²) in [5.74, 6) is -0.784. The maximum atomic E-state index is 13.4. The van der Waals surface area contributed by atoms with Gasteiger partial charge in [0, 0.05) is 30.5 Å². The Morgan fingerprint density at radius 2 is 1.87 bits per heavy atom. The lowest BCUT2D eigenvalue weighted by molar-refractivity contribution is -0.137. The predicted octanol–water partition coefficient (Wildman–Crippen LogP) is 1.86. The topological polar surface area (TPSA) is 90.0 Å². The van der Waals surface area contributed by atoms with Gasteiger partial charge in [-0.15, -0.1) is 0 Å². The molecule has 1 aromatic carbocycles. The molecule has 31 heavy (non-hydrogen) atoms. The summed E-state index contributed by atoms with van der Waals surface area (Å²) in [5, 5.41) is 2.99. The van der Waals surface area contributed by atoms with E-state index in [9.17, 15) is 18.0 Å². The third-order valence-corrected chi connectivity index (χ3v) is 8.40. The molecule has 3 rings (SSSR count). The molecule has 0 radical (unpaired) electrons. The molecule has 0 spiro atoms. The summed E-state index contributed by atoms with van der Waals surface area (Å²) in [5.41, 5.74) is 1.09. The Kier molecular flexibility index (Phi) is 6.98. The largest absolute Gasteiger partial charge is 0.343 e. The van der Waals surface area contributed by atoms with E-state index >= 15 is 0 Å². The van der Waals surface area contributed by atoms with Crippen LogP contribution in [0, 0.1) is 13.8 Å². The third kappa shape index (κ3) is 4.88. The summed E-state index contributed by atoms with van der Waals surface area (Å²) in [6.07, 6.45) is 4.04. The molecular formula is C21H29ClN4O4S. The van der Waals surface area contributed by atoms with E-state index in [0.29, 0.717) is 16.1 Å². The quantitative estimate of drug-likeness (QED) is 0.712. The van der Waals surface area contributed by atoms with E-state index in [1.54, 1.807) is 31.9 Å². The normalized spacial score (nSPS) is 20.6. The number of hydrogen-bond acceptors (Lipinski definition) is 5. The monoisotopic (exact) mass is 468 g/mol. The lowest BCUT2D eigenvalue weighted by Gasteiger charge is -2.37. The number of hydrogen-bond donors (Lipinski definition) is 1. The lowest BCUT2D eigenvalue weighted by Crippen LogP contribution is -2.52. The molecule has 2 amide bonds. The molecule has 0 aromatic heterocycles. The molecule has 0 aliphatic carbocycles. The molecular weight excluding hydrogens is 440 g/mol. The zero-order chi connectivity index (χ0) is 22.9. The standard InChI is InChI=1S/C21H29ClN4O4S/c1-14-12-19(15(2)11-17(14)22)31(29,30)26-10-7-23-21(28)18(26)13-20(27)25(4)16-5-8-24(3)9-6-16/h7,10-12,16,18H,5-6,8-9,13H2,1-4H3,(H,23,28)/t18-/m1/s1. The van der Waals surface area contributed by atoms with Gasteiger partial charge in [0.25, 0.3) is 10.0 Å². The van der Waals surface area contributed by atoms with Crippen LogP contribution in [0.1, 0.15) is 30.4 Å². The van der Waals surface area contributed by atoms with Crippen molar-refractivity contribution in [1.29, 1.82) is 0 Å². The first-order valence-electron chi connectivity index (χ1n) is 10.2. The van der Waals surface area contributed by atoms with Crippen molar-refractivity contribution in [3.8, 4) is 0 Å². The molecule has 1 fully saturated rings. The highest BCUT2D eigenvalue weighted by Gasteiger charge is 2.39. The molecule has 0 saturated carbocycles. The molecule has 8 nitrogen and oxygen atoms in total. The summed E-state index contributed by atoms with van der Waals surface area (Å²) in [4.78, 5) is 29.5. The molecule has 2 aliphatic rings. The Bertz CT molecular complexity index is 1000. The van der Waals surface area contributed by atoms with Crippen LogP contribution in [-0.2, 0) is 19.6 Å². The molecule has 2 aliphatic heterocycles. The zero-order valence-corrected chi connectivity index (χ0v) is 19.8. The Balaban J connectivity index is 1.85. The first kappa shape index (κ1) is 23.6. The van der Waals surface area contributed by atoms with Gasteiger partial charge >= 0.3 is 0 Å². The minimum Gasteiger partial charge on any atom is -0.343 e. The van der Waals surface area contributed by atoms with E-state index in [-0.39, 0.29) is 23.3 Å². The molecule has 1 saturated heterocycles. The van der Waals surface area contributed by atoms with Crippen molar-refractivity contribution in [2.24, 2.45) is 0 Å². The highest BCUT2D eigenvalue weighted by molar-refractivity contribution is 7.89. The number of carbonyl (C=O) groups is 2. The fraction of sp³-hybridized carbons (Fsp3) is 0.524. The van der Waals surface area contributed by atoms with Crippen LogP contribution in [0.15, 0.2) is 29.4 Å². The van der Waals surface area contributed by atoms with Crippen LogP contribution in [-0.4, -0.2) is 73.6 Å². The summed E-state index contributed by atoms with van der Waals surface area (Å²) < 4.78 is 27.9. The van der Waals surface area contributed by atoms with Gasteiger partial charge in [0.2, 0.25) is 11.8 Å². The van der Waals surface area contributed by atoms with Crippen molar-refractivity contribution in [3.63, 3.8) is 0 Å². The SMILES string of the molecule is Cc1cc(S(=O)(=O)N2C=CNC(=O)[C@H]2CC(=O)N(C)C2CCN(C)CC2)c(C)cc1Cl. The number of carbonyl (C=O) groups excluding carboxylic acids is 2. The molecule has 1 atom stereocenters. The number of nitrogens with zero attached hydrogens (tertiary/aromatic N) is 3. The van der Waals surface area contributed by atoms with Gasteiger partial charge in [-0.3, -0.25) is 13.9 Å². The number of piperidine rings is 1. The fourth-order valence-corrected chi connectivity index (χ4v) is 5.94. The van der Waals surface area contributed by atoms with Crippen LogP contribution in [0.4, 0.5) is 0 Å². The number of amides is 2. The van der Waals surface area contributed by atoms with Gasteiger partial charge in [0.05, 0.1) is 11.3 Å². The number of likely N-dealkylation sites (tertiary alicyclic amines) is 1. The second kappa shape index (κ2) is 9.18. The van der Waals surface area contributed by atoms with Crippen LogP contribution in [0.3, 0.4) is 0 Å². The molecule has 170 valence electrons. The van der Waals surface area contributed by atoms with E-state index in [2.05, 4.69) is 10.2 Å². The summed E-state index contributed by atoms with van der Waals surface area (Å²) in [6.45, 7) is 5.16. The van der Waals surface area contributed by atoms with Crippen LogP contribution in [0.25, 0.3) is 0 Å². The zero-order valence-electron chi connectivity index (χ0n) is 18.3. The van der Waals surface area contributed by atoms with Crippen LogP contribution >= 0.6 is 11.6 Å². The summed E-state index contributed by atoms with van der Waals surface area (Å²) in [6, 6.07) is 2.01. The van der Waals surface area contributed by atoms with Crippen LogP contribution in [0.2, 0.25) is 5.02 Å². The Morgan fingerprint density at radius 1 is 1.23 bits per heavy atom. The van der Waals surface area contributed by atoms with Crippen LogP contribution in [0.5, 0.6) is 0 Å². The van der Waals surface area contributed by atoms with E-state index in [4.69, 9.17) is 11.6 Å². The molecule has 2 heterocycles. The summed E-state index contributed by atoms with van der Waals surface area (Å²) >= 11 is 6.12. The van der Waals surface area contributed by atoms with E-state index in [1.165, 1.54) is 18.5 Å². The first-order chi connectivity index (χ1) is 14.5. The number of rotatable bonds is 5. The van der Waals surface area contributed by atoms with Gasteiger partial charge in [0.15, 0.2) is 0 Å². The van der Waals surface area contributed by atoms with E-state index in [1.807, 2.05) is 7.05 Å². The summed E-state index contributed by atoms with van der Waals surface area (Å²) in [7, 11) is -0.304. The predicted molar refractivity (Wildman–Crippen MR) is 119 cm³/mol. The third-order valence-electron chi connectivity index (χ3n) is 6.07. The second-order valence-corrected chi connectivity index (χ2v) is 10.5. The van der Waals surface area contributed by atoms with Gasteiger partial charge < -0.3 is 15.1 Å². The van der Waals surface area contributed by atoms with E-state index < -0.39 is 22.0 Å². The van der Waals surface area contributed by atoms with Crippen molar-refractivity contribution in [2.45, 2.75) is 50.1 Å². The van der Waals surface area contributed by atoms with Gasteiger partial charge in [0.1, 0.15) is 6.04 Å². The van der Waals surface area contributed by atoms with Gasteiger partial charge in [-0.1, -0.05) is 11.6 Å². The van der Waals surface area contributed by atoms with E-state index in [0.717, 1.165) is 30.2 Å². The van der Waals surface area contributed by atoms with Crippen LogP contribution < -0.4 is 5.32 Å². The Morgan fingerprint density at radius 3 is 2.52 bits per heavy atom. The molecule has 10 heteroatoms. The van der Waals surface area contributed by atoms with Crippen molar-refractivity contribution in [1.82, 2.24) is 19.4 Å². The van der Waals surface area contributed by atoms with Gasteiger partial charge in [-0.05, 0) is 70.1 Å². The Hall–Kier alpha value is -2.10. The molecule has 0 unspecified atom stereocenters. The second-order valence-electron chi connectivity index (χ2n) is 8.29. The average Bonchev–Trinajstić information content (AvgIpc) is 2.71. The average molecular weight is 469 g/mol. The van der Waals surface area contributed by atoms with Crippen molar-refractivity contribution in [3.05, 3.63) is 40.7 Å². The highest BCUT2D eigenvalue weighted by Crippen LogP contribution is 2.29. The number of benzene rings is 1. The minimum atomic E-state index is -4.07. The number of halogens is 1. The number of aryl methyl sites for hydroxylation is 2. The van der Waals surface area contributed by atoms with Gasteiger partial charge in [-0.2, -0.15) is 0 Å². The minimum absolute atomic E-state index is 0.0647. The molecule has 0 bridgehead atoms. The first-order valence-corrected chi connectivity index (χ1v) is 12.1. The van der Waals surface area contributed by atoms with Crippen molar-refractivity contribution >= 4 is 33.4 Å². The van der Waals surface area contributed by atoms with Gasteiger partial charge in [-0.25, -0.2) is 8.42 Å². The number of nitrogens with one attached hydrogen (secondary N) is 1. The lowest BCUT2D eigenvalue weighted by atomic mass is 10.0. The fourth-order valence-electron chi connectivity index (χ4n) is 3.98. The smallest absolute Gasteiger partial charge is 0.264 e. The van der Waals surface area contributed by atoms with Crippen molar-refractivity contribution in [2.75, 3.05) is 27.2 Å². The highest BCUT2D eigenvalue weighted by atomic mass is 35.5. The molecule has 1 aromatic rings. The molecule has 1 N–H and O–H groups in total. The maximum Gasteiger partial charge on any atom is 0.264 e. The van der Waals surface area contributed by atoms with Crippen molar-refractivity contribution < 1.29 is 18.0 Å². The maximum absolute atomic E-state index is 13.4. The number of sulfonamides is 1. The Labute approximate surface area is 188 Å².